The van der Waals surface area contributed by atoms with Crippen molar-refractivity contribution in [3.8, 4) is 5.75 Å². The summed E-state index contributed by atoms with van der Waals surface area (Å²) in [6, 6.07) is 12.8. The van der Waals surface area contributed by atoms with E-state index in [9.17, 15) is 9.59 Å². The van der Waals surface area contributed by atoms with Crippen LogP contribution in [0.2, 0.25) is 0 Å². The Morgan fingerprint density at radius 3 is 2.67 bits per heavy atom. The molecule has 2 aliphatic rings. The van der Waals surface area contributed by atoms with Gasteiger partial charge in [0.1, 0.15) is 11.3 Å². The molecule has 3 aromatic rings. The maximum atomic E-state index is 13.8. The highest BCUT2D eigenvalue weighted by Gasteiger charge is 2.42. The lowest BCUT2D eigenvalue weighted by atomic mass is 9.98. The molecule has 1 aromatic heterocycles. The van der Waals surface area contributed by atoms with Crippen molar-refractivity contribution in [2.75, 3.05) is 46.0 Å². The Bertz CT molecular complexity index is 1290. The number of morpholine rings is 1. The third kappa shape index (κ3) is 4.90. The van der Waals surface area contributed by atoms with E-state index in [0.717, 1.165) is 69.0 Å². The van der Waals surface area contributed by atoms with Gasteiger partial charge in [0, 0.05) is 26.2 Å². The fourth-order valence-corrected chi connectivity index (χ4v) is 5.11. The number of amides is 1. The second-order valence-corrected chi connectivity index (χ2v) is 9.66. The number of fused-ring (bicyclic) bond motifs is 2. The highest BCUT2D eigenvalue weighted by molar-refractivity contribution is 5.99. The molecule has 0 aliphatic carbocycles. The molecule has 1 saturated heterocycles. The van der Waals surface area contributed by atoms with E-state index in [0.29, 0.717) is 29.7 Å². The van der Waals surface area contributed by atoms with E-state index in [1.165, 1.54) is 0 Å². The Morgan fingerprint density at radius 1 is 1.03 bits per heavy atom. The van der Waals surface area contributed by atoms with Crippen molar-refractivity contribution >= 4 is 16.9 Å². The van der Waals surface area contributed by atoms with Gasteiger partial charge in [0.2, 0.25) is 5.76 Å². The number of hydrogen-bond donors (Lipinski definition) is 0. The van der Waals surface area contributed by atoms with Crippen molar-refractivity contribution in [1.29, 1.82) is 0 Å². The van der Waals surface area contributed by atoms with Crippen LogP contribution in [0.3, 0.4) is 0 Å². The molecule has 5 rings (SSSR count). The summed E-state index contributed by atoms with van der Waals surface area (Å²) in [6.07, 6.45) is 2.82. The number of carbonyl (C=O) groups excluding carboxylic acids is 1. The van der Waals surface area contributed by atoms with Crippen molar-refractivity contribution in [3.05, 3.63) is 75.1 Å². The Balaban J connectivity index is 1.51. The van der Waals surface area contributed by atoms with Gasteiger partial charge in [-0.1, -0.05) is 37.1 Å². The van der Waals surface area contributed by atoms with Gasteiger partial charge in [-0.3, -0.25) is 14.5 Å². The molecule has 0 bridgehead atoms. The van der Waals surface area contributed by atoms with Crippen LogP contribution in [-0.2, 0) is 4.74 Å². The van der Waals surface area contributed by atoms with Gasteiger partial charge in [-0.25, -0.2) is 0 Å². The molecule has 2 aliphatic heterocycles. The van der Waals surface area contributed by atoms with Crippen molar-refractivity contribution in [3.63, 3.8) is 0 Å². The molecule has 1 unspecified atom stereocenters. The molecule has 2 aromatic carbocycles. The van der Waals surface area contributed by atoms with Gasteiger partial charge >= 0.3 is 0 Å². The third-order valence-electron chi connectivity index (χ3n) is 7.04. The van der Waals surface area contributed by atoms with Crippen molar-refractivity contribution in [2.24, 2.45) is 0 Å². The number of nitrogens with zero attached hydrogens (tertiary/aromatic N) is 2. The molecule has 1 fully saturated rings. The van der Waals surface area contributed by atoms with Gasteiger partial charge in [-0.2, -0.15) is 0 Å². The second-order valence-electron chi connectivity index (χ2n) is 9.66. The highest BCUT2D eigenvalue weighted by atomic mass is 16.5. The average Bonchev–Trinajstić information content (AvgIpc) is 3.17. The lowest BCUT2D eigenvalue weighted by molar-refractivity contribution is 0.0353. The predicted octanol–water partition coefficient (Wildman–Crippen LogP) is 4.55. The van der Waals surface area contributed by atoms with Crippen LogP contribution in [0.1, 0.15) is 59.5 Å². The van der Waals surface area contributed by atoms with Crippen LogP contribution < -0.4 is 10.2 Å². The van der Waals surface area contributed by atoms with Crippen LogP contribution in [0.15, 0.2) is 51.7 Å². The molecule has 7 heteroatoms. The van der Waals surface area contributed by atoms with E-state index >= 15 is 0 Å². The first-order valence-electron chi connectivity index (χ1n) is 13.0. The number of ether oxygens (including phenoxy) is 2. The van der Waals surface area contributed by atoms with E-state index in [2.05, 4.69) is 11.8 Å². The van der Waals surface area contributed by atoms with E-state index < -0.39 is 6.04 Å². The number of hydrogen-bond acceptors (Lipinski definition) is 6. The Hall–Kier alpha value is -3.16. The van der Waals surface area contributed by atoms with E-state index in [-0.39, 0.29) is 17.1 Å². The van der Waals surface area contributed by atoms with Crippen molar-refractivity contribution in [2.45, 2.75) is 39.2 Å². The minimum absolute atomic E-state index is 0.138. The molecule has 36 heavy (non-hydrogen) atoms. The fraction of sp³-hybridized carbons (Fsp3) is 0.448. The lowest BCUT2D eigenvalue weighted by Gasteiger charge is -2.29. The van der Waals surface area contributed by atoms with Gasteiger partial charge in [0.25, 0.3) is 5.91 Å². The Morgan fingerprint density at radius 2 is 1.86 bits per heavy atom. The molecule has 1 atom stereocenters. The summed E-state index contributed by atoms with van der Waals surface area (Å²) in [5.74, 6) is 0.676. The first kappa shape index (κ1) is 24.5. The Labute approximate surface area is 211 Å². The molecule has 0 spiro atoms. The molecule has 3 heterocycles. The zero-order valence-electron chi connectivity index (χ0n) is 21.1. The summed E-state index contributed by atoms with van der Waals surface area (Å²) < 4.78 is 17.5. The topological polar surface area (TPSA) is 72.2 Å². The highest BCUT2D eigenvalue weighted by Crippen LogP contribution is 2.39. The average molecular weight is 491 g/mol. The zero-order chi connectivity index (χ0) is 25.1. The summed E-state index contributed by atoms with van der Waals surface area (Å²) in [5, 5.41) is 0.511. The number of unbranched alkanes of at least 4 members (excludes halogenated alkanes) is 1. The minimum atomic E-state index is -0.506. The number of aryl methyl sites for hydroxylation is 1. The van der Waals surface area contributed by atoms with Crippen molar-refractivity contribution < 1.29 is 18.7 Å². The first-order valence-corrected chi connectivity index (χ1v) is 13.0. The molecule has 190 valence electrons. The van der Waals surface area contributed by atoms with Crippen LogP contribution >= 0.6 is 0 Å². The van der Waals surface area contributed by atoms with E-state index in [1.807, 2.05) is 43.3 Å². The minimum Gasteiger partial charge on any atom is -0.494 e. The van der Waals surface area contributed by atoms with Crippen LogP contribution in [0, 0.1) is 6.92 Å². The maximum absolute atomic E-state index is 13.8. The SMILES string of the molecule is CCCCOc1cccc(C2c3c(oc4ccc(C)cc4c3=O)C(=O)N2CCCN2CCOCC2)c1. The van der Waals surface area contributed by atoms with Gasteiger partial charge in [-0.15, -0.1) is 0 Å². The molecular formula is C29H34N2O5. The summed E-state index contributed by atoms with van der Waals surface area (Å²) in [6.45, 7) is 9.40. The van der Waals surface area contributed by atoms with E-state index in [4.69, 9.17) is 13.9 Å². The molecule has 7 nitrogen and oxygen atoms in total. The normalized spacial score (nSPS) is 18.1. The fourth-order valence-electron chi connectivity index (χ4n) is 5.11. The standard InChI is InChI=1S/C29H34N2O5/c1-3-4-15-35-22-8-5-7-21(19-22)26-25-27(32)23-18-20(2)9-10-24(23)36-28(25)29(33)31(26)12-6-11-30-13-16-34-17-14-30/h5,7-10,18-19,26H,3-4,6,11-17H2,1-2H3. The summed E-state index contributed by atoms with van der Waals surface area (Å²) in [4.78, 5) is 31.6. The van der Waals surface area contributed by atoms with Crippen LogP contribution in [0.25, 0.3) is 11.0 Å². The van der Waals surface area contributed by atoms with Gasteiger partial charge in [-0.05, 0) is 49.6 Å². The third-order valence-corrected chi connectivity index (χ3v) is 7.04. The maximum Gasteiger partial charge on any atom is 0.290 e. The number of rotatable bonds is 9. The quantitative estimate of drug-likeness (QED) is 0.410. The smallest absolute Gasteiger partial charge is 0.290 e. The number of carbonyl (C=O) groups is 1. The lowest BCUT2D eigenvalue weighted by Crippen LogP contribution is -2.38. The van der Waals surface area contributed by atoms with E-state index in [1.54, 1.807) is 11.0 Å². The van der Waals surface area contributed by atoms with Gasteiger partial charge in [0.05, 0.1) is 36.8 Å². The summed E-state index contributed by atoms with van der Waals surface area (Å²) in [7, 11) is 0. The summed E-state index contributed by atoms with van der Waals surface area (Å²) in [5.41, 5.74) is 2.57. The molecule has 0 N–H and O–H groups in total. The van der Waals surface area contributed by atoms with Crippen LogP contribution in [-0.4, -0.2) is 61.7 Å². The monoisotopic (exact) mass is 490 g/mol. The van der Waals surface area contributed by atoms with Gasteiger partial charge < -0.3 is 18.8 Å². The van der Waals surface area contributed by atoms with Gasteiger partial charge in [0.15, 0.2) is 5.43 Å². The number of benzene rings is 2. The largest absolute Gasteiger partial charge is 0.494 e. The molecule has 1 amide bonds. The Kier molecular flexibility index (Phi) is 7.39. The van der Waals surface area contributed by atoms with Crippen LogP contribution in [0.5, 0.6) is 5.75 Å². The zero-order valence-corrected chi connectivity index (χ0v) is 21.1. The second kappa shape index (κ2) is 10.8. The molecule has 0 radical (unpaired) electrons. The van der Waals surface area contributed by atoms with Crippen LogP contribution in [0.4, 0.5) is 0 Å². The molecule has 0 saturated carbocycles. The molecular weight excluding hydrogens is 456 g/mol. The first-order chi connectivity index (χ1) is 17.6. The predicted molar refractivity (Wildman–Crippen MR) is 139 cm³/mol. The summed E-state index contributed by atoms with van der Waals surface area (Å²) >= 11 is 0. The van der Waals surface area contributed by atoms with Crippen molar-refractivity contribution in [1.82, 2.24) is 9.80 Å².